The van der Waals surface area contributed by atoms with Crippen molar-refractivity contribution in [3.8, 4) is 0 Å². The molecule has 0 N–H and O–H groups in total. The maximum absolute atomic E-state index is 6.17. The zero-order chi connectivity index (χ0) is 13.3. The van der Waals surface area contributed by atoms with E-state index < -0.39 is 0 Å². The molecule has 1 atom stereocenters. The largest absolute Gasteiger partial charge is 0.130 e. The van der Waals surface area contributed by atoms with E-state index in [1.807, 2.05) is 0 Å². The minimum atomic E-state index is 0.432. The van der Waals surface area contributed by atoms with Gasteiger partial charge in [-0.3, -0.25) is 0 Å². The third kappa shape index (κ3) is 3.16. The fourth-order valence-corrected chi connectivity index (χ4v) is 6.17. The molecule has 1 unspecified atom stereocenters. The van der Waals surface area contributed by atoms with Crippen LogP contribution in [-0.4, -0.2) is 0 Å². The highest BCUT2D eigenvalue weighted by atomic mass is 79.9. The van der Waals surface area contributed by atoms with Crippen LogP contribution < -0.4 is 0 Å². The third-order valence-electron chi connectivity index (χ3n) is 3.87. The van der Waals surface area contributed by atoms with Crippen molar-refractivity contribution in [1.82, 2.24) is 0 Å². The smallest absolute Gasteiger partial charge is 0.0887 e. The van der Waals surface area contributed by atoms with E-state index in [0.29, 0.717) is 10.2 Å². The number of thiophene rings is 1. The number of rotatable bonds is 4. The minimum Gasteiger partial charge on any atom is -0.130 e. The van der Waals surface area contributed by atoms with Crippen LogP contribution in [0.3, 0.4) is 0 Å². The Morgan fingerprint density at radius 3 is 2.44 bits per heavy atom. The molecule has 0 radical (unpaired) electrons. The normalized spacial score (nSPS) is 20.6. The van der Waals surface area contributed by atoms with E-state index >= 15 is 0 Å². The second-order valence-corrected chi connectivity index (χ2v) is 9.52. The van der Waals surface area contributed by atoms with Crippen LogP contribution >= 0.6 is 54.8 Å². The number of hydrogen-bond acceptors (Lipinski definition) is 1. The summed E-state index contributed by atoms with van der Waals surface area (Å²) in [6.45, 7) is 4.66. The summed E-state index contributed by atoms with van der Waals surface area (Å²) in [6.07, 6.45) is 6.72. The van der Waals surface area contributed by atoms with Crippen molar-refractivity contribution in [3.63, 3.8) is 0 Å². The van der Waals surface area contributed by atoms with E-state index in [2.05, 4.69) is 51.8 Å². The summed E-state index contributed by atoms with van der Waals surface area (Å²) in [6, 6.07) is 2.12. The van der Waals surface area contributed by atoms with Crippen molar-refractivity contribution in [2.75, 3.05) is 0 Å². The molecule has 0 spiro atoms. The third-order valence-corrected chi connectivity index (χ3v) is 8.17. The van der Waals surface area contributed by atoms with Crippen LogP contribution in [0.4, 0.5) is 0 Å². The molecule has 0 aromatic carbocycles. The van der Waals surface area contributed by atoms with Gasteiger partial charge in [-0.1, -0.05) is 54.2 Å². The first-order valence-electron chi connectivity index (χ1n) is 6.53. The average Bonchev–Trinajstić information content (AvgIpc) is 2.86. The highest BCUT2D eigenvalue weighted by molar-refractivity contribution is 9.11. The van der Waals surface area contributed by atoms with Gasteiger partial charge in [-0.05, 0) is 52.6 Å². The van der Waals surface area contributed by atoms with Crippen LogP contribution in [0.1, 0.15) is 55.7 Å². The van der Waals surface area contributed by atoms with Gasteiger partial charge in [0.05, 0.1) is 13.6 Å². The van der Waals surface area contributed by atoms with Crippen molar-refractivity contribution >= 4 is 54.8 Å². The SMILES string of the molecule is CC(C)CC1(C(Br)c2cc(Cl)c(Br)s2)CCCC1. The molecular weight excluding hydrogens is 395 g/mol. The molecule has 1 aliphatic rings. The van der Waals surface area contributed by atoms with Crippen LogP contribution in [0.15, 0.2) is 9.85 Å². The highest BCUT2D eigenvalue weighted by Gasteiger charge is 2.41. The zero-order valence-corrected chi connectivity index (χ0v) is 15.6. The molecule has 0 nitrogen and oxygen atoms in total. The maximum atomic E-state index is 6.17. The van der Waals surface area contributed by atoms with Crippen molar-refractivity contribution in [2.24, 2.45) is 11.3 Å². The fraction of sp³-hybridized carbons (Fsp3) is 0.714. The molecule has 1 aromatic heterocycles. The molecule has 1 heterocycles. The predicted octanol–water partition coefficient (Wildman–Crippen LogP) is 7.21. The zero-order valence-electron chi connectivity index (χ0n) is 10.8. The number of hydrogen-bond donors (Lipinski definition) is 0. The lowest BCUT2D eigenvalue weighted by atomic mass is 9.75. The van der Waals surface area contributed by atoms with Gasteiger partial charge >= 0.3 is 0 Å². The summed E-state index contributed by atoms with van der Waals surface area (Å²) in [7, 11) is 0. The molecule has 2 rings (SSSR count). The van der Waals surface area contributed by atoms with Crippen LogP contribution in [0.5, 0.6) is 0 Å². The van der Waals surface area contributed by atoms with Gasteiger partial charge in [0, 0.05) is 4.88 Å². The van der Waals surface area contributed by atoms with Crippen molar-refractivity contribution < 1.29 is 0 Å². The van der Waals surface area contributed by atoms with E-state index in [9.17, 15) is 0 Å². The summed E-state index contributed by atoms with van der Waals surface area (Å²) >= 11 is 15.5. The molecule has 0 amide bonds. The van der Waals surface area contributed by atoms with Crippen LogP contribution in [0, 0.1) is 11.3 Å². The molecular formula is C14H19Br2ClS. The fourth-order valence-electron chi connectivity index (χ4n) is 3.24. The van der Waals surface area contributed by atoms with E-state index in [1.165, 1.54) is 37.0 Å². The lowest BCUT2D eigenvalue weighted by Gasteiger charge is -2.35. The quantitative estimate of drug-likeness (QED) is 0.457. The molecule has 1 aliphatic carbocycles. The summed E-state index contributed by atoms with van der Waals surface area (Å²) in [5, 5.41) is 0.845. The van der Waals surface area contributed by atoms with Crippen LogP contribution in [0.25, 0.3) is 0 Å². The summed E-state index contributed by atoms with van der Waals surface area (Å²) in [5.74, 6) is 0.752. The number of alkyl halides is 1. The molecule has 1 saturated carbocycles. The number of halogens is 3. The first kappa shape index (κ1) is 15.3. The second-order valence-electron chi connectivity index (χ2n) is 5.80. The van der Waals surface area contributed by atoms with Crippen molar-refractivity contribution in [2.45, 2.75) is 50.8 Å². The van der Waals surface area contributed by atoms with Crippen LogP contribution in [-0.2, 0) is 0 Å². The Bertz CT molecular complexity index is 388. The molecule has 18 heavy (non-hydrogen) atoms. The van der Waals surface area contributed by atoms with Crippen molar-refractivity contribution in [1.29, 1.82) is 0 Å². The Morgan fingerprint density at radius 1 is 1.39 bits per heavy atom. The predicted molar refractivity (Wildman–Crippen MR) is 89.1 cm³/mol. The minimum absolute atomic E-state index is 0.432. The summed E-state index contributed by atoms with van der Waals surface area (Å²) in [4.78, 5) is 1.82. The molecule has 0 bridgehead atoms. The monoisotopic (exact) mass is 412 g/mol. The molecule has 0 saturated heterocycles. The van der Waals surface area contributed by atoms with Gasteiger partial charge in [0.1, 0.15) is 0 Å². The Kier molecular flexibility index (Phi) is 5.24. The second kappa shape index (κ2) is 6.15. The standard InChI is InChI=1S/C14H19Br2ClS/c1-9(2)8-14(5-3-4-6-14)12(15)11-7-10(17)13(16)18-11/h7,9,12H,3-6,8H2,1-2H3. The van der Waals surface area contributed by atoms with Gasteiger partial charge in [-0.2, -0.15) is 0 Å². The summed E-state index contributed by atoms with van der Waals surface area (Å²) < 4.78 is 1.06. The maximum Gasteiger partial charge on any atom is 0.0887 e. The van der Waals surface area contributed by atoms with Gasteiger partial charge in [0.15, 0.2) is 0 Å². The Labute approximate surface area is 136 Å². The van der Waals surface area contributed by atoms with Gasteiger partial charge in [0.2, 0.25) is 0 Å². The highest BCUT2D eigenvalue weighted by Crippen LogP contribution is 2.57. The molecule has 1 aromatic rings. The van der Waals surface area contributed by atoms with Crippen LogP contribution in [0.2, 0.25) is 5.02 Å². The van der Waals surface area contributed by atoms with E-state index in [0.717, 1.165) is 14.7 Å². The molecule has 1 fully saturated rings. The Balaban J connectivity index is 2.25. The average molecular weight is 415 g/mol. The Morgan fingerprint density at radius 2 is 2.00 bits per heavy atom. The Hall–Kier alpha value is 0.950. The topological polar surface area (TPSA) is 0 Å². The van der Waals surface area contributed by atoms with Gasteiger partial charge in [-0.25, -0.2) is 0 Å². The first-order chi connectivity index (χ1) is 8.44. The van der Waals surface area contributed by atoms with E-state index in [1.54, 1.807) is 11.3 Å². The van der Waals surface area contributed by atoms with Gasteiger partial charge in [0.25, 0.3) is 0 Å². The first-order valence-corrected chi connectivity index (χ1v) is 9.44. The molecule has 0 aliphatic heterocycles. The lowest BCUT2D eigenvalue weighted by Crippen LogP contribution is -2.23. The van der Waals surface area contributed by atoms with Gasteiger partial charge in [-0.15, -0.1) is 11.3 Å². The van der Waals surface area contributed by atoms with E-state index in [4.69, 9.17) is 11.6 Å². The lowest BCUT2D eigenvalue weighted by molar-refractivity contribution is 0.232. The van der Waals surface area contributed by atoms with Gasteiger partial charge < -0.3 is 0 Å². The molecule has 102 valence electrons. The van der Waals surface area contributed by atoms with Crippen molar-refractivity contribution in [3.05, 3.63) is 19.8 Å². The molecule has 4 heteroatoms. The summed E-state index contributed by atoms with van der Waals surface area (Å²) in [5.41, 5.74) is 0.432. The van der Waals surface area contributed by atoms with E-state index in [-0.39, 0.29) is 0 Å².